The van der Waals surface area contributed by atoms with Crippen LogP contribution >= 0.6 is 0 Å². The van der Waals surface area contributed by atoms with E-state index in [2.05, 4.69) is 32.9 Å². The third kappa shape index (κ3) is 2.96. The molecule has 3 heteroatoms. The van der Waals surface area contributed by atoms with Crippen LogP contribution in [0.25, 0.3) is 0 Å². The highest BCUT2D eigenvalue weighted by Gasteiger charge is 2.41. The normalized spacial score (nSPS) is 18.6. The minimum absolute atomic E-state index is 0.197. The maximum absolute atomic E-state index is 6.04. The maximum Gasteiger partial charge on any atom is 0.170 e. The van der Waals surface area contributed by atoms with E-state index >= 15 is 0 Å². The Morgan fingerprint density at radius 1 is 1.16 bits per heavy atom. The van der Waals surface area contributed by atoms with Crippen molar-refractivity contribution in [2.24, 2.45) is 11.8 Å². The van der Waals surface area contributed by atoms with E-state index in [1.807, 2.05) is 0 Å². The monoisotopic (exact) mass is 264 g/mol. The summed E-state index contributed by atoms with van der Waals surface area (Å²) in [4.78, 5) is 0. The lowest BCUT2D eigenvalue weighted by Gasteiger charge is -2.29. The second kappa shape index (κ2) is 5.56. The van der Waals surface area contributed by atoms with Crippen molar-refractivity contribution < 1.29 is 4.52 Å². The van der Waals surface area contributed by atoms with Gasteiger partial charge < -0.3 is 10.3 Å². The molecule has 0 spiro atoms. The topological polar surface area (TPSA) is 52.0 Å². The van der Waals surface area contributed by atoms with Crippen LogP contribution in [0, 0.1) is 11.8 Å². The molecule has 1 saturated carbocycles. The highest BCUT2D eigenvalue weighted by Crippen LogP contribution is 2.48. The fourth-order valence-electron chi connectivity index (χ4n) is 3.70. The number of nitrogen functional groups attached to an aromatic ring is 1. The molecule has 1 heterocycles. The summed E-state index contributed by atoms with van der Waals surface area (Å²) >= 11 is 0. The van der Waals surface area contributed by atoms with Gasteiger partial charge in [-0.3, -0.25) is 0 Å². The summed E-state index contributed by atoms with van der Waals surface area (Å²) in [5.74, 6) is 2.97. The van der Waals surface area contributed by atoms with E-state index in [0.29, 0.717) is 17.7 Å². The first-order chi connectivity index (χ1) is 8.94. The molecule has 1 aromatic rings. The third-order valence-electron chi connectivity index (χ3n) is 4.27. The summed E-state index contributed by atoms with van der Waals surface area (Å²) in [5.41, 5.74) is 7.42. The molecular formula is C16H28N2O. The van der Waals surface area contributed by atoms with Crippen LogP contribution in [0.15, 0.2) is 4.52 Å². The van der Waals surface area contributed by atoms with Gasteiger partial charge in [-0.25, -0.2) is 0 Å². The van der Waals surface area contributed by atoms with E-state index in [9.17, 15) is 0 Å². The Morgan fingerprint density at radius 3 is 2.32 bits per heavy atom. The number of aromatic nitrogens is 1. The molecule has 1 aliphatic carbocycles. The highest BCUT2D eigenvalue weighted by molar-refractivity contribution is 5.44. The van der Waals surface area contributed by atoms with Crippen LogP contribution in [0.2, 0.25) is 0 Å². The molecule has 0 bridgehead atoms. The van der Waals surface area contributed by atoms with Crippen molar-refractivity contribution in [1.29, 1.82) is 0 Å². The molecule has 0 saturated heterocycles. The van der Waals surface area contributed by atoms with Crippen LogP contribution in [0.4, 0.5) is 5.82 Å². The lowest BCUT2D eigenvalue weighted by atomic mass is 9.74. The van der Waals surface area contributed by atoms with Crippen molar-refractivity contribution in [3.8, 4) is 0 Å². The predicted octanol–water partition coefficient (Wildman–Crippen LogP) is 4.31. The number of nitrogens with zero attached hydrogens (tertiary/aromatic N) is 1. The van der Waals surface area contributed by atoms with E-state index in [-0.39, 0.29) is 5.41 Å². The van der Waals surface area contributed by atoms with Crippen LogP contribution < -0.4 is 5.73 Å². The molecule has 0 unspecified atom stereocenters. The summed E-state index contributed by atoms with van der Waals surface area (Å²) in [7, 11) is 0. The Hall–Kier alpha value is -0.990. The van der Waals surface area contributed by atoms with Gasteiger partial charge in [0.05, 0.1) is 0 Å². The van der Waals surface area contributed by atoms with Gasteiger partial charge in [0.2, 0.25) is 0 Å². The Morgan fingerprint density at radius 2 is 1.79 bits per heavy atom. The number of nitrogens with two attached hydrogens (primary N) is 1. The lowest BCUT2D eigenvalue weighted by Crippen LogP contribution is -2.25. The summed E-state index contributed by atoms with van der Waals surface area (Å²) in [6.07, 6.45) is 7.22. The molecule has 0 aromatic carbocycles. The quantitative estimate of drug-likeness (QED) is 0.862. The second-order valence-electron chi connectivity index (χ2n) is 7.06. The zero-order valence-corrected chi connectivity index (χ0v) is 12.8. The summed E-state index contributed by atoms with van der Waals surface area (Å²) in [5, 5.41) is 4.07. The van der Waals surface area contributed by atoms with Crippen molar-refractivity contribution >= 4 is 5.82 Å². The van der Waals surface area contributed by atoms with E-state index in [0.717, 1.165) is 12.2 Å². The molecule has 0 aliphatic heterocycles. The van der Waals surface area contributed by atoms with Crippen LogP contribution in [0.3, 0.4) is 0 Å². The van der Waals surface area contributed by atoms with Gasteiger partial charge in [0.1, 0.15) is 5.76 Å². The Labute approximate surface area is 116 Å². The summed E-state index contributed by atoms with van der Waals surface area (Å²) in [6, 6.07) is 0. The fourth-order valence-corrected chi connectivity index (χ4v) is 3.70. The van der Waals surface area contributed by atoms with Crippen LogP contribution in [0.5, 0.6) is 0 Å². The minimum Gasteiger partial charge on any atom is -0.381 e. The Bertz CT molecular complexity index is 414. The van der Waals surface area contributed by atoms with Gasteiger partial charge in [0.25, 0.3) is 0 Å². The van der Waals surface area contributed by atoms with Gasteiger partial charge in [-0.2, -0.15) is 0 Å². The molecule has 1 fully saturated rings. The molecule has 108 valence electrons. The van der Waals surface area contributed by atoms with Crippen molar-refractivity contribution in [3.05, 3.63) is 11.3 Å². The van der Waals surface area contributed by atoms with Crippen molar-refractivity contribution in [2.45, 2.75) is 71.6 Å². The summed E-state index contributed by atoms with van der Waals surface area (Å²) < 4.78 is 5.71. The minimum atomic E-state index is 0.197. The molecule has 19 heavy (non-hydrogen) atoms. The molecule has 1 aromatic heterocycles. The van der Waals surface area contributed by atoms with Crippen LogP contribution in [-0.2, 0) is 11.8 Å². The number of hydrogen-bond donors (Lipinski definition) is 1. The summed E-state index contributed by atoms with van der Waals surface area (Å²) in [6.45, 7) is 9.03. The molecule has 0 radical (unpaired) electrons. The molecule has 2 N–H and O–H groups in total. The molecule has 3 nitrogen and oxygen atoms in total. The van der Waals surface area contributed by atoms with Gasteiger partial charge in [0.15, 0.2) is 5.82 Å². The molecule has 0 amide bonds. The molecule has 0 atom stereocenters. The average molecular weight is 264 g/mol. The highest BCUT2D eigenvalue weighted by atomic mass is 16.5. The Balaban J connectivity index is 2.37. The van der Waals surface area contributed by atoms with Crippen molar-refractivity contribution in [2.75, 3.05) is 5.73 Å². The fraction of sp³-hybridized carbons (Fsp3) is 0.812. The SMILES string of the molecule is CC(C)Cc1c(N)noc1C1(CC(C)C)CCCC1. The van der Waals surface area contributed by atoms with Crippen LogP contribution in [-0.4, -0.2) is 5.16 Å². The van der Waals surface area contributed by atoms with Crippen molar-refractivity contribution in [1.82, 2.24) is 5.16 Å². The predicted molar refractivity (Wildman–Crippen MR) is 79.1 cm³/mol. The molecular weight excluding hydrogens is 236 g/mol. The number of anilines is 1. The van der Waals surface area contributed by atoms with Gasteiger partial charge in [-0.15, -0.1) is 0 Å². The van der Waals surface area contributed by atoms with Gasteiger partial charge >= 0.3 is 0 Å². The van der Waals surface area contributed by atoms with E-state index in [1.54, 1.807) is 0 Å². The van der Waals surface area contributed by atoms with Gasteiger partial charge in [0, 0.05) is 11.0 Å². The third-order valence-corrected chi connectivity index (χ3v) is 4.27. The zero-order chi connectivity index (χ0) is 14.0. The van der Waals surface area contributed by atoms with Crippen molar-refractivity contribution in [3.63, 3.8) is 0 Å². The smallest absolute Gasteiger partial charge is 0.170 e. The first-order valence-electron chi connectivity index (χ1n) is 7.69. The van der Waals surface area contributed by atoms with E-state index < -0.39 is 0 Å². The standard InChI is InChI=1S/C16H28N2O/c1-11(2)9-13-14(19-18-15(13)17)16(10-12(3)4)7-5-6-8-16/h11-12H,5-10H2,1-4H3,(H2,17,18). The number of hydrogen-bond acceptors (Lipinski definition) is 3. The average Bonchev–Trinajstić information content (AvgIpc) is 2.87. The molecule has 2 rings (SSSR count). The first kappa shape index (κ1) is 14.4. The van der Waals surface area contributed by atoms with Gasteiger partial charge in [-0.1, -0.05) is 45.7 Å². The lowest BCUT2D eigenvalue weighted by molar-refractivity contribution is 0.250. The van der Waals surface area contributed by atoms with Crippen LogP contribution in [0.1, 0.15) is 71.1 Å². The Kier molecular flexibility index (Phi) is 4.22. The second-order valence-corrected chi connectivity index (χ2v) is 7.06. The zero-order valence-electron chi connectivity index (χ0n) is 12.8. The number of rotatable bonds is 5. The molecule has 1 aliphatic rings. The van der Waals surface area contributed by atoms with Gasteiger partial charge in [-0.05, 0) is 37.5 Å². The van der Waals surface area contributed by atoms with E-state index in [4.69, 9.17) is 10.3 Å². The van der Waals surface area contributed by atoms with E-state index in [1.165, 1.54) is 37.7 Å². The largest absolute Gasteiger partial charge is 0.381 e. The maximum atomic E-state index is 6.04. The first-order valence-corrected chi connectivity index (χ1v) is 7.69.